The number of pyridine rings is 1. The van der Waals surface area contributed by atoms with Gasteiger partial charge in [0, 0.05) is 31.4 Å². The first-order valence-corrected chi connectivity index (χ1v) is 9.04. The first kappa shape index (κ1) is 20.0. The number of benzene rings is 1. The van der Waals surface area contributed by atoms with E-state index >= 15 is 0 Å². The lowest BCUT2D eigenvalue weighted by Gasteiger charge is -2.11. The van der Waals surface area contributed by atoms with Crippen LogP contribution in [0.25, 0.3) is 16.9 Å². The van der Waals surface area contributed by atoms with Gasteiger partial charge in [-0.1, -0.05) is 0 Å². The summed E-state index contributed by atoms with van der Waals surface area (Å²) in [6.07, 6.45) is -2.70. The van der Waals surface area contributed by atoms with Gasteiger partial charge in [0.25, 0.3) is 0 Å². The summed E-state index contributed by atoms with van der Waals surface area (Å²) in [5.41, 5.74) is 1.93. The summed E-state index contributed by atoms with van der Waals surface area (Å²) in [7, 11) is 1.62. The number of aliphatic hydroxyl groups excluding tert-OH is 1. The summed E-state index contributed by atoms with van der Waals surface area (Å²) in [6.45, 7) is 1.52. The topological polar surface area (TPSA) is 68.2 Å². The molecule has 1 atom stereocenters. The van der Waals surface area contributed by atoms with Gasteiger partial charge in [-0.3, -0.25) is 0 Å². The Bertz CT molecular complexity index is 1230. The lowest BCUT2D eigenvalue weighted by molar-refractivity contribution is -0.137. The van der Waals surface area contributed by atoms with Gasteiger partial charge in [-0.05, 0) is 42.8 Å². The fraction of sp³-hybridized carbons (Fsp3) is 0.250. The highest BCUT2D eigenvalue weighted by Gasteiger charge is 2.31. The van der Waals surface area contributed by atoms with Gasteiger partial charge in [0.05, 0.1) is 23.1 Å². The Morgan fingerprint density at radius 3 is 2.57 bits per heavy atom. The maximum atomic E-state index is 13.7. The van der Waals surface area contributed by atoms with E-state index in [0.29, 0.717) is 33.9 Å². The van der Waals surface area contributed by atoms with Crippen molar-refractivity contribution in [2.75, 3.05) is 0 Å². The second kappa shape index (κ2) is 7.21. The number of imidazole rings is 1. The largest absolute Gasteiger partial charge is 0.417 e. The van der Waals surface area contributed by atoms with Crippen LogP contribution in [-0.2, 0) is 19.6 Å². The van der Waals surface area contributed by atoms with Crippen LogP contribution in [0, 0.1) is 5.82 Å². The lowest BCUT2D eigenvalue weighted by Crippen LogP contribution is -2.05. The van der Waals surface area contributed by atoms with Crippen molar-refractivity contribution in [2.24, 2.45) is 7.05 Å². The summed E-state index contributed by atoms with van der Waals surface area (Å²) < 4.78 is 53.8. The molecule has 30 heavy (non-hydrogen) atoms. The zero-order chi connectivity index (χ0) is 21.6. The lowest BCUT2D eigenvalue weighted by atomic mass is 9.98. The van der Waals surface area contributed by atoms with E-state index in [4.69, 9.17) is 0 Å². The van der Waals surface area contributed by atoms with Gasteiger partial charge in [0.1, 0.15) is 17.2 Å². The van der Waals surface area contributed by atoms with Gasteiger partial charge in [0.15, 0.2) is 0 Å². The monoisotopic (exact) mass is 419 g/mol. The number of alkyl halides is 3. The number of rotatable bonds is 4. The third-order valence-electron chi connectivity index (χ3n) is 4.68. The Hall–Kier alpha value is -3.27. The smallest absolute Gasteiger partial charge is 0.389 e. The van der Waals surface area contributed by atoms with E-state index in [1.54, 1.807) is 7.05 Å². The molecule has 0 unspecified atom stereocenters. The number of aliphatic hydroxyl groups is 1. The Morgan fingerprint density at radius 2 is 1.87 bits per heavy atom. The standard InChI is InChI=1S/C20H17F4N5O/c1-11(30)16-7-13(21)4-5-15(16)19-17(26-28(2)27-19)8-14-10-29-9-12(20(22,23)24)3-6-18(29)25-14/h3-7,9-11,30H,8H2,1-2H3/t11-/m1/s1. The van der Waals surface area contributed by atoms with E-state index in [1.807, 2.05) is 0 Å². The van der Waals surface area contributed by atoms with Gasteiger partial charge in [-0.25, -0.2) is 9.37 Å². The number of hydrogen-bond donors (Lipinski definition) is 1. The second-order valence-corrected chi connectivity index (χ2v) is 6.98. The Morgan fingerprint density at radius 1 is 1.10 bits per heavy atom. The number of nitrogens with zero attached hydrogens (tertiary/aromatic N) is 5. The number of aromatic nitrogens is 5. The van der Waals surface area contributed by atoms with Crippen LogP contribution < -0.4 is 0 Å². The molecule has 3 heterocycles. The second-order valence-electron chi connectivity index (χ2n) is 6.98. The SMILES string of the molecule is C[C@@H](O)c1cc(F)ccc1-c1nn(C)nc1Cc1cn2cc(C(F)(F)F)ccc2n1. The molecule has 0 amide bonds. The molecule has 6 nitrogen and oxygen atoms in total. The molecule has 10 heteroatoms. The quantitative estimate of drug-likeness (QED) is 0.509. The molecule has 0 aliphatic heterocycles. The van der Waals surface area contributed by atoms with Crippen molar-refractivity contribution in [1.29, 1.82) is 0 Å². The highest BCUT2D eigenvalue weighted by molar-refractivity contribution is 5.66. The van der Waals surface area contributed by atoms with Crippen molar-refractivity contribution in [1.82, 2.24) is 24.4 Å². The summed E-state index contributed by atoms with van der Waals surface area (Å²) in [4.78, 5) is 5.70. The first-order chi connectivity index (χ1) is 14.1. The molecule has 4 rings (SSSR count). The average molecular weight is 419 g/mol. The van der Waals surface area contributed by atoms with E-state index in [9.17, 15) is 22.7 Å². The molecule has 0 fully saturated rings. The molecule has 0 saturated heterocycles. The van der Waals surface area contributed by atoms with Gasteiger partial charge in [-0.15, -0.1) is 0 Å². The van der Waals surface area contributed by atoms with Gasteiger partial charge in [0.2, 0.25) is 0 Å². The van der Waals surface area contributed by atoms with Gasteiger partial charge in [-0.2, -0.15) is 28.2 Å². The van der Waals surface area contributed by atoms with Crippen LogP contribution in [0.2, 0.25) is 0 Å². The fourth-order valence-corrected chi connectivity index (χ4v) is 3.34. The van der Waals surface area contributed by atoms with Crippen molar-refractivity contribution >= 4 is 5.65 Å². The Labute approximate surface area is 168 Å². The number of aryl methyl sites for hydroxylation is 1. The molecule has 0 spiro atoms. The molecule has 4 aromatic rings. The molecule has 0 radical (unpaired) electrons. The summed E-state index contributed by atoms with van der Waals surface area (Å²) in [6, 6.07) is 6.30. The molecule has 156 valence electrons. The van der Waals surface area contributed by atoms with E-state index in [1.165, 1.54) is 46.6 Å². The number of hydrogen-bond acceptors (Lipinski definition) is 4. The van der Waals surface area contributed by atoms with Gasteiger partial charge >= 0.3 is 6.18 Å². The van der Waals surface area contributed by atoms with Crippen LogP contribution in [0.4, 0.5) is 17.6 Å². The minimum absolute atomic E-state index is 0.197. The third-order valence-corrected chi connectivity index (χ3v) is 4.68. The zero-order valence-corrected chi connectivity index (χ0v) is 16.0. The molecule has 1 N–H and O–H groups in total. The highest BCUT2D eigenvalue weighted by atomic mass is 19.4. The average Bonchev–Trinajstić information content (AvgIpc) is 3.22. The molecule has 0 bridgehead atoms. The normalized spacial score (nSPS) is 13.2. The van der Waals surface area contributed by atoms with E-state index in [-0.39, 0.29) is 6.42 Å². The maximum Gasteiger partial charge on any atom is 0.417 e. The van der Waals surface area contributed by atoms with Crippen LogP contribution in [-0.4, -0.2) is 29.5 Å². The maximum absolute atomic E-state index is 13.7. The van der Waals surface area contributed by atoms with Gasteiger partial charge < -0.3 is 9.51 Å². The van der Waals surface area contributed by atoms with Crippen LogP contribution in [0.3, 0.4) is 0 Å². The molecule has 1 aromatic carbocycles. The van der Waals surface area contributed by atoms with Crippen molar-refractivity contribution in [3.05, 3.63) is 71.1 Å². The molecule has 0 saturated carbocycles. The Balaban J connectivity index is 1.74. The summed E-state index contributed by atoms with van der Waals surface area (Å²) >= 11 is 0. The van der Waals surface area contributed by atoms with Crippen molar-refractivity contribution in [2.45, 2.75) is 25.6 Å². The highest BCUT2D eigenvalue weighted by Crippen LogP contribution is 2.31. The summed E-state index contributed by atoms with van der Waals surface area (Å²) in [5.74, 6) is -0.485. The Kier molecular flexibility index (Phi) is 4.81. The van der Waals surface area contributed by atoms with E-state index in [2.05, 4.69) is 15.2 Å². The minimum Gasteiger partial charge on any atom is -0.389 e. The molecular weight excluding hydrogens is 402 g/mol. The van der Waals surface area contributed by atoms with Crippen molar-refractivity contribution in [3.63, 3.8) is 0 Å². The zero-order valence-electron chi connectivity index (χ0n) is 16.0. The minimum atomic E-state index is -4.45. The third kappa shape index (κ3) is 3.78. The predicted molar refractivity (Wildman–Crippen MR) is 100 cm³/mol. The van der Waals surface area contributed by atoms with E-state index < -0.39 is 23.7 Å². The van der Waals surface area contributed by atoms with Crippen LogP contribution in [0.15, 0.2) is 42.7 Å². The van der Waals surface area contributed by atoms with Crippen LogP contribution in [0.1, 0.15) is 35.5 Å². The van der Waals surface area contributed by atoms with Crippen LogP contribution in [0.5, 0.6) is 0 Å². The van der Waals surface area contributed by atoms with Crippen molar-refractivity contribution < 1.29 is 22.7 Å². The fourth-order valence-electron chi connectivity index (χ4n) is 3.34. The van der Waals surface area contributed by atoms with Crippen molar-refractivity contribution in [3.8, 4) is 11.3 Å². The summed E-state index contributed by atoms with van der Waals surface area (Å²) in [5, 5.41) is 18.7. The predicted octanol–water partition coefficient (Wildman–Crippen LogP) is 3.93. The number of fused-ring (bicyclic) bond motifs is 1. The van der Waals surface area contributed by atoms with Crippen LogP contribution >= 0.6 is 0 Å². The molecule has 3 aromatic heterocycles. The number of halogens is 4. The molecule has 0 aliphatic carbocycles. The molecular formula is C20H17F4N5O. The van der Waals surface area contributed by atoms with E-state index in [0.717, 1.165) is 12.3 Å². The molecule has 0 aliphatic rings. The first-order valence-electron chi connectivity index (χ1n) is 9.04.